The molecule has 5 nitrogen and oxygen atoms in total. The Balaban J connectivity index is 2.33. The van der Waals surface area contributed by atoms with E-state index in [0.717, 1.165) is 16.8 Å². The van der Waals surface area contributed by atoms with Gasteiger partial charge in [-0.1, -0.05) is 24.3 Å². The molecule has 2 aromatic rings. The lowest BCUT2D eigenvalue weighted by molar-refractivity contribution is 0.185. The maximum Gasteiger partial charge on any atom is 0.161 e. The number of nitrogens with one attached hydrogen (secondary N) is 1. The first kappa shape index (κ1) is 12.5. The van der Waals surface area contributed by atoms with E-state index >= 15 is 0 Å². The predicted octanol–water partition coefficient (Wildman–Crippen LogP) is 1.88. The molecule has 1 aromatic heterocycles. The van der Waals surface area contributed by atoms with E-state index in [2.05, 4.69) is 15.4 Å². The minimum atomic E-state index is 0.602. The molecule has 0 radical (unpaired) electrons. The van der Waals surface area contributed by atoms with Crippen LogP contribution in [-0.2, 0) is 11.3 Å². The molecule has 1 heterocycles. The summed E-state index contributed by atoms with van der Waals surface area (Å²) in [6.07, 6.45) is 0. The number of hydrazine groups is 1. The number of hydrogen-bond acceptors (Lipinski definition) is 5. The smallest absolute Gasteiger partial charge is 0.161 e. The van der Waals surface area contributed by atoms with Crippen LogP contribution in [0.1, 0.15) is 11.3 Å². The van der Waals surface area contributed by atoms with Crippen molar-refractivity contribution >= 4 is 5.82 Å². The first-order chi connectivity index (χ1) is 8.72. The third-order valence-electron chi connectivity index (χ3n) is 2.53. The highest BCUT2D eigenvalue weighted by atomic mass is 16.5. The fraction of sp³-hybridized carbons (Fsp3) is 0.231. The Hall–Kier alpha value is -1.98. The number of aryl methyl sites for hydroxylation is 1. The second kappa shape index (κ2) is 5.57. The monoisotopic (exact) mass is 244 g/mol. The molecule has 94 valence electrons. The molecule has 0 atom stereocenters. The fourth-order valence-electron chi connectivity index (χ4n) is 1.69. The third kappa shape index (κ3) is 2.82. The van der Waals surface area contributed by atoms with Gasteiger partial charge >= 0.3 is 0 Å². The van der Waals surface area contributed by atoms with Crippen LogP contribution >= 0.6 is 0 Å². The largest absolute Gasteiger partial charge is 0.380 e. The molecular weight excluding hydrogens is 228 g/mol. The fourth-order valence-corrected chi connectivity index (χ4v) is 1.69. The predicted molar refractivity (Wildman–Crippen MR) is 70.7 cm³/mol. The quantitative estimate of drug-likeness (QED) is 0.634. The molecule has 5 heteroatoms. The van der Waals surface area contributed by atoms with Gasteiger partial charge in [-0.15, -0.1) is 0 Å². The van der Waals surface area contributed by atoms with E-state index in [-0.39, 0.29) is 0 Å². The van der Waals surface area contributed by atoms with Crippen LogP contribution in [0.25, 0.3) is 11.4 Å². The maximum atomic E-state index is 5.37. The Bertz CT molecular complexity index is 525. The van der Waals surface area contributed by atoms with Crippen molar-refractivity contribution in [1.29, 1.82) is 0 Å². The Morgan fingerprint density at radius 2 is 1.94 bits per heavy atom. The zero-order valence-corrected chi connectivity index (χ0v) is 10.5. The van der Waals surface area contributed by atoms with Crippen molar-refractivity contribution < 1.29 is 4.74 Å². The molecule has 0 amide bonds. The highest BCUT2D eigenvalue weighted by molar-refractivity contribution is 5.57. The number of aromatic nitrogens is 2. The minimum Gasteiger partial charge on any atom is -0.380 e. The van der Waals surface area contributed by atoms with Crippen molar-refractivity contribution in [2.45, 2.75) is 13.5 Å². The Morgan fingerprint density at radius 1 is 1.22 bits per heavy atom. The Kier molecular flexibility index (Phi) is 3.86. The molecule has 0 spiro atoms. The average Bonchev–Trinajstić information content (AvgIpc) is 2.39. The third-order valence-corrected chi connectivity index (χ3v) is 2.53. The lowest BCUT2D eigenvalue weighted by Gasteiger charge is -2.06. The summed E-state index contributed by atoms with van der Waals surface area (Å²) >= 11 is 0. The van der Waals surface area contributed by atoms with Gasteiger partial charge in [0.25, 0.3) is 0 Å². The first-order valence-electron chi connectivity index (χ1n) is 5.63. The van der Waals surface area contributed by atoms with Gasteiger partial charge in [0.2, 0.25) is 0 Å². The topological polar surface area (TPSA) is 73.1 Å². The van der Waals surface area contributed by atoms with Crippen LogP contribution in [0.2, 0.25) is 0 Å². The van der Waals surface area contributed by atoms with E-state index in [1.54, 1.807) is 13.2 Å². The summed E-state index contributed by atoms with van der Waals surface area (Å²) in [7, 11) is 1.68. The van der Waals surface area contributed by atoms with Crippen molar-refractivity contribution in [1.82, 2.24) is 9.97 Å². The number of nitrogens with zero attached hydrogens (tertiary/aromatic N) is 2. The van der Waals surface area contributed by atoms with Gasteiger partial charge in [-0.2, -0.15) is 0 Å². The highest BCUT2D eigenvalue weighted by Crippen LogP contribution is 2.18. The van der Waals surface area contributed by atoms with E-state index in [1.165, 1.54) is 0 Å². The number of nitrogen functional groups attached to an aromatic ring is 1. The number of methoxy groups -OCH3 is 1. The van der Waals surface area contributed by atoms with Crippen LogP contribution in [-0.4, -0.2) is 17.1 Å². The highest BCUT2D eigenvalue weighted by Gasteiger charge is 2.04. The van der Waals surface area contributed by atoms with Gasteiger partial charge in [-0.05, 0) is 12.5 Å². The molecule has 0 bridgehead atoms. The minimum absolute atomic E-state index is 0.602. The molecule has 1 aromatic carbocycles. The summed E-state index contributed by atoms with van der Waals surface area (Å²) in [5.41, 5.74) is 5.48. The Labute approximate surface area is 106 Å². The van der Waals surface area contributed by atoms with Crippen LogP contribution in [0.5, 0.6) is 0 Å². The Morgan fingerprint density at radius 3 is 2.56 bits per heavy atom. The zero-order chi connectivity index (χ0) is 13.0. The molecule has 0 aliphatic heterocycles. The van der Waals surface area contributed by atoms with E-state index in [4.69, 9.17) is 10.6 Å². The summed E-state index contributed by atoms with van der Waals surface area (Å²) in [5.74, 6) is 6.64. The van der Waals surface area contributed by atoms with Crippen molar-refractivity contribution in [2.75, 3.05) is 12.5 Å². The summed E-state index contributed by atoms with van der Waals surface area (Å²) in [5, 5.41) is 0. The van der Waals surface area contributed by atoms with E-state index in [1.807, 2.05) is 31.2 Å². The van der Waals surface area contributed by atoms with E-state index in [9.17, 15) is 0 Å². The van der Waals surface area contributed by atoms with Gasteiger partial charge in [-0.3, -0.25) is 0 Å². The number of ether oxygens (including phenoxy) is 1. The number of anilines is 1. The van der Waals surface area contributed by atoms with Crippen molar-refractivity contribution in [3.8, 4) is 11.4 Å². The molecule has 18 heavy (non-hydrogen) atoms. The summed E-state index contributed by atoms with van der Waals surface area (Å²) < 4.78 is 5.07. The van der Waals surface area contributed by atoms with Gasteiger partial charge in [0.15, 0.2) is 5.82 Å². The number of benzene rings is 1. The molecule has 2 rings (SSSR count). The molecule has 0 aliphatic carbocycles. The number of nitrogens with two attached hydrogens (primary N) is 1. The van der Waals surface area contributed by atoms with Crippen molar-refractivity contribution in [3.05, 3.63) is 41.6 Å². The first-order valence-corrected chi connectivity index (χ1v) is 5.63. The van der Waals surface area contributed by atoms with Gasteiger partial charge in [0.1, 0.15) is 5.82 Å². The van der Waals surface area contributed by atoms with Crippen molar-refractivity contribution in [2.24, 2.45) is 5.84 Å². The van der Waals surface area contributed by atoms with Gasteiger partial charge in [0, 0.05) is 24.4 Å². The van der Waals surface area contributed by atoms with Crippen LogP contribution < -0.4 is 11.3 Å². The lowest BCUT2D eigenvalue weighted by atomic mass is 10.1. The molecule has 0 saturated heterocycles. The van der Waals surface area contributed by atoms with E-state index < -0.39 is 0 Å². The van der Waals surface area contributed by atoms with Gasteiger partial charge < -0.3 is 10.2 Å². The number of hydrogen-bond donors (Lipinski definition) is 2. The molecule has 0 saturated carbocycles. The standard InChI is InChI=1S/C13H16N4O/c1-9-7-12(17-14)16-13(15-9)11-5-3-10(4-6-11)8-18-2/h3-7H,8,14H2,1-2H3,(H,15,16,17). The normalized spacial score (nSPS) is 10.4. The summed E-state index contributed by atoms with van der Waals surface area (Å²) in [6.45, 7) is 2.51. The molecule has 3 N–H and O–H groups in total. The molecular formula is C13H16N4O. The zero-order valence-electron chi connectivity index (χ0n) is 10.5. The maximum absolute atomic E-state index is 5.37. The molecule has 0 aliphatic rings. The second-order valence-corrected chi connectivity index (χ2v) is 3.99. The van der Waals surface area contributed by atoms with Crippen LogP contribution in [0, 0.1) is 6.92 Å². The summed E-state index contributed by atoms with van der Waals surface area (Å²) in [4.78, 5) is 8.71. The van der Waals surface area contributed by atoms with Crippen molar-refractivity contribution in [3.63, 3.8) is 0 Å². The SMILES string of the molecule is COCc1ccc(-c2nc(C)cc(NN)n2)cc1. The number of rotatable bonds is 4. The second-order valence-electron chi connectivity index (χ2n) is 3.99. The molecule has 0 fully saturated rings. The molecule has 0 unspecified atom stereocenters. The lowest BCUT2D eigenvalue weighted by Crippen LogP contribution is -2.09. The van der Waals surface area contributed by atoms with Gasteiger partial charge in [-0.25, -0.2) is 15.8 Å². The van der Waals surface area contributed by atoms with E-state index in [0.29, 0.717) is 18.2 Å². The van der Waals surface area contributed by atoms with Crippen LogP contribution in [0.15, 0.2) is 30.3 Å². The average molecular weight is 244 g/mol. The van der Waals surface area contributed by atoms with Gasteiger partial charge in [0.05, 0.1) is 6.61 Å². The van der Waals surface area contributed by atoms with Crippen LogP contribution in [0.3, 0.4) is 0 Å². The summed E-state index contributed by atoms with van der Waals surface area (Å²) in [6, 6.07) is 9.75. The van der Waals surface area contributed by atoms with Crippen LogP contribution in [0.4, 0.5) is 5.82 Å².